The van der Waals surface area contributed by atoms with Crippen molar-refractivity contribution in [1.82, 2.24) is 4.31 Å². The fraction of sp³-hybridized carbons (Fsp3) is 0.500. The minimum absolute atomic E-state index is 0.0143. The monoisotopic (exact) mass is 312 g/mol. The highest BCUT2D eigenvalue weighted by Crippen LogP contribution is 2.26. The number of nitrogens with zero attached hydrogens (tertiary/aromatic N) is 1. The molecule has 21 heavy (non-hydrogen) atoms. The van der Waals surface area contributed by atoms with Gasteiger partial charge in [-0.05, 0) is 43.9 Å². The zero-order valence-electron chi connectivity index (χ0n) is 12.2. The summed E-state index contributed by atoms with van der Waals surface area (Å²) in [7, 11) is -3.71. The number of aryl methyl sites for hydroxylation is 2. The van der Waals surface area contributed by atoms with Crippen LogP contribution in [-0.4, -0.2) is 42.9 Å². The average Bonchev–Trinajstić information content (AvgIpc) is 2.37. The van der Waals surface area contributed by atoms with Gasteiger partial charge in [0.05, 0.1) is 10.5 Å². The van der Waals surface area contributed by atoms with Gasteiger partial charge in [0.25, 0.3) is 0 Å². The lowest BCUT2D eigenvalue weighted by molar-refractivity contribution is 0.0696. The molecular weight excluding hydrogens is 292 g/mol. The van der Waals surface area contributed by atoms with E-state index >= 15 is 0 Å². The first-order valence-corrected chi connectivity index (χ1v) is 8.27. The summed E-state index contributed by atoms with van der Waals surface area (Å²) in [6.07, 6.45) is 1.52. The number of carbonyl (C=O) groups is 1. The second-order valence-corrected chi connectivity index (χ2v) is 7.41. The van der Waals surface area contributed by atoms with Gasteiger partial charge >= 0.3 is 5.97 Å². The Morgan fingerprint density at radius 3 is 2.57 bits per heavy atom. The van der Waals surface area contributed by atoms with Crippen LogP contribution in [0.3, 0.4) is 0 Å². The highest BCUT2D eigenvalue weighted by molar-refractivity contribution is 7.89. The van der Waals surface area contributed by atoms with E-state index in [4.69, 9.17) is 5.73 Å². The van der Waals surface area contributed by atoms with E-state index in [0.29, 0.717) is 17.7 Å². The summed E-state index contributed by atoms with van der Waals surface area (Å²) < 4.78 is 26.8. The molecular formula is C14H20N2O4S. The van der Waals surface area contributed by atoms with Crippen molar-refractivity contribution < 1.29 is 18.3 Å². The largest absolute Gasteiger partial charge is 0.478 e. The Morgan fingerprint density at radius 2 is 2.00 bits per heavy atom. The maximum Gasteiger partial charge on any atom is 0.335 e. The van der Waals surface area contributed by atoms with Gasteiger partial charge in [-0.1, -0.05) is 6.07 Å². The summed E-state index contributed by atoms with van der Waals surface area (Å²) >= 11 is 0. The first-order valence-electron chi connectivity index (χ1n) is 6.83. The third-order valence-electron chi connectivity index (χ3n) is 3.79. The van der Waals surface area contributed by atoms with E-state index in [1.807, 2.05) is 0 Å². The van der Waals surface area contributed by atoms with Crippen LogP contribution >= 0.6 is 0 Å². The Labute approximate surface area is 124 Å². The third kappa shape index (κ3) is 3.09. The normalized spacial score (nSPS) is 20.4. The van der Waals surface area contributed by atoms with E-state index < -0.39 is 16.0 Å². The van der Waals surface area contributed by atoms with Gasteiger partial charge in [-0.2, -0.15) is 4.31 Å². The van der Waals surface area contributed by atoms with Gasteiger partial charge in [-0.15, -0.1) is 0 Å². The molecule has 0 radical (unpaired) electrons. The summed E-state index contributed by atoms with van der Waals surface area (Å²) in [6.45, 7) is 4.03. The van der Waals surface area contributed by atoms with Crippen LogP contribution in [-0.2, 0) is 10.0 Å². The van der Waals surface area contributed by atoms with Crippen LogP contribution in [0.2, 0.25) is 0 Å². The molecule has 1 aromatic rings. The van der Waals surface area contributed by atoms with Crippen molar-refractivity contribution in [3.8, 4) is 0 Å². The van der Waals surface area contributed by atoms with Crippen molar-refractivity contribution in [2.24, 2.45) is 5.73 Å². The van der Waals surface area contributed by atoms with Crippen LogP contribution in [0.5, 0.6) is 0 Å². The minimum Gasteiger partial charge on any atom is -0.478 e. The molecule has 1 saturated heterocycles. The van der Waals surface area contributed by atoms with Gasteiger partial charge in [-0.3, -0.25) is 0 Å². The van der Waals surface area contributed by atoms with E-state index in [1.165, 1.54) is 10.4 Å². The number of carboxylic acids is 1. The van der Waals surface area contributed by atoms with Crippen LogP contribution in [0.1, 0.15) is 34.3 Å². The molecule has 116 valence electrons. The molecule has 0 bridgehead atoms. The quantitative estimate of drug-likeness (QED) is 0.871. The Kier molecular flexibility index (Phi) is 4.36. The molecule has 6 nitrogen and oxygen atoms in total. The van der Waals surface area contributed by atoms with Crippen molar-refractivity contribution in [2.75, 3.05) is 13.1 Å². The van der Waals surface area contributed by atoms with Gasteiger partial charge < -0.3 is 10.8 Å². The average molecular weight is 312 g/mol. The maximum atomic E-state index is 12.7. The molecule has 0 aliphatic carbocycles. The number of sulfonamides is 1. The fourth-order valence-electron chi connectivity index (χ4n) is 2.67. The van der Waals surface area contributed by atoms with Gasteiger partial charge in [0, 0.05) is 19.1 Å². The third-order valence-corrected chi connectivity index (χ3v) is 5.80. The first-order chi connectivity index (χ1) is 9.73. The topological polar surface area (TPSA) is 101 Å². The van der Waals surface area contributed by atoms with Crippen LogP contribution in [0.25, 0.3) is 0 Å². The van der Waals surface area contributed by atoms with E-state index in [2.05, 4.69) is 0 Å². The summed E-state index contributed by atoms with van der Waals surface area (Å²) in [5.41, 5.74) is 6.96. The molecule has 0 saturated carbocycles. The molecule has 0 amide bonds. The molecule has 1 fully saturated rings. The lowest BCUT2D eigenvalue weighted by atomic mass is 10.1. The molecule has 1 atom stereocenters. The molecule has 1 aromatic carbocycles. The van der Waals surface area contributed by atoms with Crippen molar-refractivity contribution >= 4 is 16.0 Å². The second kappa shape index (κ2) is 5.75. The van der Waals surface area contributed by atoms with Crippen LogP contribution in [0.15, 0.2) is 17.0 Å². The summed E-state index contributed by atoms with van der Waals surface area (Å²) in [4.78, 5) is 11.3. The second-order valence-electron chi connectivity index (χ2n) is 5.50. The maximum absolute atomic E-state index is 12.7. The Morgan fingerprint density at radius 1 is 1.33 bits per heavy atom. The van der Waals surface area contributed by atoms with Crippen LogP contribution in [0, 0.1) is 13.8 Å². The van der Waals surface area contributed by atoms with Gasteiger partial charge in [0.2, 0.25) is 10.0 Å². The molecule has 2 rings (SSSR count). The molecule has 7 heteroatoms. The van der Waals surface area contributed by atoms with Crippen molar-refractivity contribution in [3.63, 3.8) is 0 Å². The minimum atomic E-state index is -3.71. The van der Waals surface area contributed by atoms with Crippen molar-refractivity contribution in [3.05, 3.63) is 28.8 Å². The first kappa shape index (κ1) is 15.9. The number of benzene rings is 1. The fourth-order valence-corrected chi connectivity index (χ4v) is 4.44. The zero-order valence-corrected chi connectivity index (χ0v) is 13.0. The van der Waals surface area contributed by atoms with Crippen LogP contribution in [0.4, 0.5) is 0 Å². The zero-order chi connectivity index (χ0) is 15.8. The lowest BCUT2D eigenvalue weighted by Gasteiger charge is -2.30. The van der Waals surface area contributed by atoms with E-state index in [-0.39, 0.29) is 23.0 Å². The SMILES string of the molecule is Cc1cc(C)c(S(=O)(=O)N2CCCC(N)C2)cc1C(=O)O. The van der Waals surface area contributed by atoms with Crippen molar-refractivity contribution in [2.45, 2.75) is 37.6 Å². The predicted molar refractivity (Wildman–Crippen MR) is 78.8 cm³/mol. The van der Waals surface area contributed by atoms with Gasteiger partial charge in [0.1, 0.15) is 0 Å². The number of hydrogen-bond acceptors (Lipinski definition) is 4. The number of hydrogen-bond donors (Lipinski definition) is 2. The Balaban J connectivity index is 2.49. The molecule has 0 aromatic heterocycles. The molecule has 1 aliphatic heterocycles. The number of nitrogens with two attached hydrogens (primary N) is 1. The van der Waals surface area contributed by atoms with Crippen molar-refractivity contribution in [1.29, 1.82) is 0 Å². The number of aromatic carboxylic acids is 1. The van der Waals surface area contributed by atoms with Crippen LogP contribution < -0.4 is 5.73 Å². The predicted octanol–water partition coefficient (Wildman–Crippen LogP) is 1.11. The smallest absolute Gasteiger partial charge is 0.335 e. The van der Waals surface area contributed by atoms with E-state index in [9.17, 15) is 18.3 Å². The molecule has 1 aliphatic rings. The van der Waals surface area contributed by atoms with Gasteiger partial charge in [-0.25, -0.2) is 13.2 Å². The molecule has 0 spiro atoms. The highest BCUT2D eigenvalue weighted by atomic mass is 32.2. The highest BCUT2D eigenvalue weighted by Gasteiger charge is 2.30. The molecule has 3 N–H and O–H groups in total. The Hall–Kier alpha value is -1.44. The molecule has 1 heterocycles. The number of piperidine rings is 1. The molecule has 1 unspecified atom stereocenters. The summed E-state index contributed by atoms with van der Waals surface area (Å²) in [6, 6.07) is 2.68. The number of carboxylic acid groups (broad SMARTS) is 1. The Bertz CT molecular complexity index is 670. The lowest BCUT2D eigenvalue weighted by Crippen LogP contribution is -2.45. The number of rotatable bonds is 3. The standard InChI is InChI=1S/C14H20N2O4S/c1-9-6-10(2)13(7-12(9)14(17)18)21(19,20)16-5-3-4-11(15)8-16/h6-7,11H,3-5,8,15H2,1-2H3,(H,17,18). The van der Waals surface area contributed by atoms with E-state index in [1.54, 1.807) is 19.9 Å². The summed E-state index contributed by atoms with van der Waals surface area (Å²) in [5, 5.41) is 9.17. The van der Waals surface area contributed by atoms with E-state index in [0.717, 1.165) is 12.8 Å². The van der Waals surface area contributed by atoms with Gasteiger partial charge in [0.15, 0.2) is 0 Å². The summed E-state index contributed by atoms with van der Waals surface area (Å²) in [5.74, 6) is -1.13.